The molecule has 34 heavy (non-hydrogen) atoms. The molecule has 1 fully saturated rings. The molecule has 10 heteroatoms. The monoisotopic (exact) mass is 480 g/mol. The second kappa shape index (κ2) is 9.62. The Balaban J connectivity index is 1.43. The number of aryl methyl sites for hydroxylation is 1. The predicted octanol–water partition coefficient (Wildman–Crippen LogP) is 3.07. The number of nitrogens with two attached hydrogens (primary N) is 1. The average molecular weight is 481 g/mol. The molecule has 2 aromatic carbocycles. The van der Waals surface area contributed by atoms with Gasteiger partial charge in [-0.15, -0.1) is 0 Å². The maximum absolute atomic E-state index is 13.1. The Kier molecular flexibility index (Phi) is 6.62. The number of ether oxygens (including phenoxy) is 1. The highest BCUT2D eigenvalue weighted by Crippen LogP contribution is 2.28. The van der Waals surface area contributed by atoms with E-state index in [9.17, 15) is 18.0 Å². The molecular weight excluding hydrogens is 456 g/mol. The number of nitrogens with zero attached hydrogens (tertiary/aromatic N) is 2. The Labute approximate surface area is 197 Å². The van der Waals surface area contributed by atoms with Crippen LogP contribution in [-0.4, -0.2) is 42.1 Å². The summed E-state index contributed by atoms with van der Waals surface area (Å²) in [6, 6.07) is 15.3. The van der Waals surface area contributed by atoms with Gasteiger partial charge in [0.1, 0.15) is 11.8 Å². The molecule has 1 saturated heterocycles. The van der Waals surface area contributed by atoms with Crippen molar-refractivity contribution >= 4 is 27.5 Å². The van der Waals surface area contributed by atoms with Crippen molar-refractivity contribution in [3.8, 4) is 11.6 Å². The summed E-state index contributed by atoms with van der Waals surface area (Å²) >= 11 is 0. The molecule has 9 nitrogen and oxygen atoms in total. The summed E-state index contributed by atoms with van der Waals surface area (Å²) in [4.78, 5) is 28.6. The lowest BCUT2D eigenvalue weighted by Crippen LogP contribution is -2.43. The van der Waals surface area contributed by atoms with Crippen LogP contribution in [0.1, 0.15) is 28.8 Å². The topological polar surface area (TPSA) is 132 Å². The fourth-order valence-corrected chi connectivity index (χ4v) is 5.37. The van der Waals surface area contributed by atoms with Gasteiger partial charge in [-0.25, -0.2) is 13.4 Å². The SMILES string of the molecule is Cc1ccc(S(=O)(=O)N2CCC[C@H]2C(=O)Nc2ccc(Oc3cccc(C(N)=O)c3)nc2)cc1. The predicted molar refractivity (Wildman–Crippen MR) is 126 cm³/mol. The van der Waals surface area contributed by atoms with E-state index in [1.165, 1.54) is 16.6 Å². The second-order valence-electron chi connectivity index (χ2n) is 7.96. The van der Waals surface area contributed by atoms with E-state index in [0.29, 0.717) is 29.8 Å². The van der Waals surface area contributed by atoms with E-state index in [2.05, 4.69) is 10.3 Å². The lowest BCUT2D eigenvalue weighted by atomic mass is 10.2. The smallest absolute Gasteiger partial charge is 0.248 e. The number of aromatic nitrogens is 1. The average Bonchev–Trinajstić information content (AvgIpc) is 3.32. The van der Waals surface area contributed by atoms with Crippen LogP contribution in [0.2, 0.25) is 0 Å². The Morgan fingerprint density at radius 1 is 1.12 bits per heavy atom. The van der Waals surface area contributed by atoms with Gasteiger partial charge in [-0.05, 0) is 56.2 Å². The first kappa shape index (κ1) is 23.4. The highest BCUT2D eigenvalue weighted by molar-refractivity contribution is 7.89. The maximum Gasteiger partial charge on any atom is 0.248 e. The van der Waals surface area contributed by atoms with Gasteiger partial charge < -0.3 is 15.8 Å². The Bertz CT molecular complexity index is 1310. The van der Waals surface area contributed by atoms with Gasteiger partial charge in [0.05, 0.1) is 16.8 Å². The summed E-state index contributed by atoms with van der Waals surface area (Å²) in [6.07, 6.45) is 2.44. The molecule has 1 aromatic heterocycles. The van der Waals surface area contributed by atoms with Crippen LogP contribution in [0.5, 0.6) is 11.6 Å². The van der Waals surface area contributed by atoms with Crippen molar-refractivity contribution in [2.75, 3.05) is 11.9 Å². The molecule has 2 heterocycles. The molecule has 3 N–H and O–H groups in total. The number of hydrogen-bond donors (Lipinski definition) is 2. The second-order valence-corrected chi connectivity index (χ2v) is 9.85. The summed E-state index contributed by atoms with van der Waals surface area (Å²) < 4.78 is 33.1. The highest BCUT2D eigenvalue weighted by atomic mass is 32.2. The van der Waals surface area contributed by atoms with Crippen LogP contribution in [0.3, 0.4) is 0 Å². The Morgan fingerprint density at radius 3 is 2.56 bits per heavy atom. The van der Waals surface area contributed by atoms with Crippen LogP contribution in [0, 0.1) is 6.92 Å². The number of pyridine rings is 1. The molecule has 176 valence electrons. The maximum atomic E-state index is 13.1. The number of sulfonamides is 1. The van der Waals surface area contributed by atoms with Gasteiger partial charge in [0, 0.05) is 18.2 Å². The van der Waals surface area contributed by atoms with Crippen LogP contribution < -0.4 is 15.8 Å². The molecule has 0 spiro atoms. The molecule has 0 unspecified atom stereocenters. The first-order valence-electron chi connectivity index (χ1n) is 10.7. The van der Waals surface area contributed by atoms with Gasteiger partial charge in [0.15, 0.2) is 0 Å². The number of hydrogen-bond acceptors (Lipinski definition) is 6. The Hall–Kier alpha value is -3.76. The van der Waals surface area contributed by atoms with Gasteiger partial charge in [-0.3, -0.25) is 9.59 Å². The molecule has 4 rings (SSSR count). The molecule has 0 radical (unpaired) electrons. The highest BCUT2D eigenvalue weighted by Gasteiger charge is 2.39. The molecule has 1 aliphatic rings. The molecule has 1 atom stereocenters. The summed E-state index contributed by atoms with van der Waals surface area (Å²) in [7, 11) is -3.79. The van der Waals surface area contributed by atoms with E-state index >= 15 is 0 Å². The summed E-state index contributed by atoms with van der Waals surface area (Å²) in [5.74, 6) is -0.341. The standard InChI is InChI=1S/C24H24N4O5S/c1-16-7-10-20(11-8-16)34(31,32)28-13-3-6-21(28)24(30)27-18-9-12-22(26-15-18)33-19-5-2-4-17(14-19)23(25)29/h2,4-5,7-12,14-15,21H,3,6,13H2,1H3,(H2,25,29)(H,27,30)/t21-/m0/s1. The third-order valence-corrected chi connectivity index (χ3v) is 7.40. The van der Waals surface area contributed by atoms with E-state index in [4.69, 9.17) is 10.5 Å². The number of benzene rings is 2. The lowest BCUT2D eigenvalue weighted by Gasteiger charge is -2.23. The normalized spacial score (nSPS) is 16.2. The minimum atomic E-state index is -3.79. The molecule has 0 bridgehead atoms. The van der Waals surface area contributed by atoms with E-state index in [1.807, 2.05) is 6.92 Å². The molecule has 3 aromatic rings. The Morgan fingerprint density at radius 2 is 1.88 bits per heavy atom. The van der Waals surface area contributed by atoms with Crippen LogP contribution >= 0.6 is 0 Å². The van der Waals surface area contributed by atoms with Crippen molar-refractivity contribution in [1.82, 2.24) is 9.29 Å². The molecule has 1 aliphatic heterocycles. The minimum absolute atomic E-state index is 0.168. The summed E-state index contributed by atoms with van der Waals surface area (Å²) in [5.41, 5.74) is 6.95. The largest absolute Gasteiger partial charge is 0.439 e. The number of carbonyl (C=O) groups is 2. The van der Waals surface area contributed by atoms with Gasteiger partial charge in [-0.1, -0.05) is 23.8 Å². The zero-order valence-electron chi connectivity index (χ0n) is 18.5. The minimum Gasteiger partial charge on any atom is -0.439 e. The van der Waals surface area contributed by atoms with E-state index in [0.717, 1.165) is 5.56 Å². The van der Waals surface area contributed by atoms with Crippen molar-refractivity contribution < 1.29 is 22.7 Å². The van der Waals surface area contributed by atoms with Crippen molar-refractivity contribution in [2.45, 2.75) is 30.7 Å². The summed E-state index contributed by atoms with van der Waals surface area (Å²) in [5, 5.41) is 2.74. The van der Waals surface area contributed by atoms with Crippen LogP contribution in [0.15, 0.2) is 71.8 Å². The fraction of sp³-hybridized carbons (Fsp3) is 0.208. The van der Waals surface area contributed by atoms with E-state index < -0.39 is 27.9 Å². The quantitative estimate of drug-likeness (QED) is 0.534. The number of amides is 2. The van der Waals surface area contributed by atoms with Crippen LogP contribution in [0.25, 0.3) is 0 Å². The third kappa shape index (κ3) is 5.08. The number of rotatable bonds is 7. The van der Waals surface area contributed by atoms with E-state index in [1.54, 1.807) is 54.6 Å². The van der Waals surface area contributed by atoms with Crippen molar-refractivity contribution in [2.24, 2.45) is 5.73 Å². The zero-order chi connectivity index (χ0) is 24.3. The number of anilines is 1. The third-order valence-electron chi connectivity index (χ3n) is 5.48. The first-order chi connectivity index (χ1) is 16.2. The van der Waals surface area contributed by atoms with Gasteiger partial charge in [-0.2, -0.15) is 4.31 Å². The van der Waals surface area contributed by atoms with Gasteiger partial charge in [0.2, 0.25) is 27.7 Å². The molecule has 0 saturated carbocycles. The van der Waals surface area contributed by atoms with Gasteiger partial charge in [0.25, 0.3) is 0 Å². The number of carbonyl (C=O) groups excluding carboxylic acids is 2. The molecule has 0 aliphatic carbocycles. The zero-order valence-corrected chi connectivity index (χ0v) is 19.3. The molecule has 2 amide bonds. The van der Waals surface area contributed by atoms with Crippen molar-refractivity contribution in [3.05, 3.63) is 78.0 Å². The van der Waals surface area contributed by atoms with Crippen molar-refractivity contribution in [3.63, 3.8) is 0 Å². The van der Waals surface area contributed by atoms with Crippen molar-refractivity contribution in [1.29, 1.82) is 0 Å². The van der Waals surface area contributed by atoms with E-state index in [-0.39, 0.29) is 17.3 Å². The lowest BCUT2D eigenvalue weighted by molar-refractivity contribution is -0.119. The number of nitrogens with one attached hydrogen (secondary N) is 1. The summed E-state index contributed by atoms with van der Waals surface area (Å²) in [6.45, 7) is 2.16. The first-order valence-corrected chi connectivity index (χ1v) is 12.1. The van der Waals surface area contributed by atoms with Gasteiger partial charge >= 0.3 is 0 Å². The number of primary amides is 1. The molecular formula is C24H24N4O5S. The van der Waals surface area contributed by atoms with Crippen LogP contribution in [-0.2, 0) is 14.8 Å². The fourth-order valence-electron chi connectivity index (χ4n) is 3.71. The van der Waals surface area contributed by atoms with Crippen LogP contribution in [0.4, 0.5) is 5.69 Å².